The van der Waals surface area contributed by atoms with E-state index in [0.29, 0.717) is 0 Å². The van der Waals surface area contributed by atoms with E-state index in [1.807, 2.05) is 32.0 Å². The maximum absolute atomic E-state index is 12.3. The molecule has 1 aromatic heterocycles. The molecule has 5 heteroatoms. The van der Waals surface area contributed by atoms with Crippen LogP contribution in [0.3, 0.4) is 0 Å². The van der Waals surface area contributed by atoms with Crippen LogP contribution in [0.4, 0.5) is 11.4 Å². The van der Waals surface area contributed by atoms with Gasteiger partial charge in [-0.25, -0.2) is 0 Å². The Morgan fingerprint density at radius 2 is 2.33 bits per heavy atom. The molecule has 18 heavy (non-hydrogen) atoms. The topological polar surface area (TPSA) is 57.3 Å². The van der Waals surface area contributed by atoms with Gasteiger partial charge in [0.05, 0.1) is 23.0 Å². The van der Waals surface area contributed by atoms with Crippen molar-refractivity contribution in [3.8, 4) is 0 Å². The van der Waals surface area contributed by atoms with Gasteiger partial charge < -0.3 is 15.5 Å². The van der Waals surface area contributed by atoms with Gasteiger partial charge in [-0.1, -0.05) is 0 Å². The third kappa shape index (κ3) is 2.46. The lowest BCUT2D eigenvalue weighted by molar-refractivity contribution is -0.123. The number of carbonyl (C=O) groups is 1. The minimum atomic E-state index is -0.320. The molecule has 0 radical (unpaired) electrons. The maximum Gasteiger partial charge on any atom is 0.231 e. The number of pyridine rings is 1. The second kappa shape index (κ2) is 4.94. The molecule has 1 unspecified atom stereocenters. The van der Waals surface area contributed by atoms with Crippen molar-refractivity contribution in [2.24, 2.45) is 5.41 Å². The lowest BCUT2D eigenvalue weighted by Crippen LogP contribution is -2.35. The van der Waals surface area contributed by atoms with Crippen molar-refractivity contribution >= 4 is 17.3 Å². The van der Waals surface area contributed by atoms with E-state index >= 15 is 0 Å². The Balaban J connectivity index is 2.16. The van der Waals surface area contributed by atoms with Gasteiger partial charge in [-0.3, -0.25) is 9.78 Å². The molecule has 2 heterocycles. The lowest BCUT2D eigenvalue weighted by atomic mass is 9.89. The van der Waals surface area contributed by atoms with Gasteiger partial charge in [0.15, 0.2) is 0 Å². The lowest BCUT2D eigenvalue weighted by Gasteiger charge is -2.23. The molecular formula is C13H20N4O. The van der Waals surface area contributed by atoms with Crippen molar-refractivity contribution in [2.45, 2.75) is 13.3 Å². The fraction of sp³-hybridized carbons (Fsp3) is 0.538. The van der Waals surface area contributed by atoms with Crippen LogP contribution >= 0.6 is 0 Å². The molecule has 1 aliphatic rings. The summed E-state index contributed by atoms with van der Waals surface area (Å²) >= 11 is 0. The minimum absolute atomic E-state index is 0.0589. The highest BCUT2D eigenvalue weighted by Crippen LogP contribution is 2.29. The quantitative estimate of drug-likeness (QED) is 0.840. The summed E-state index contributed by atoms with van der Waals surface area (Å²) in [4.78, 5) is 18.4. The largest absolute Gasteiger partial charge is 0.376 e. The van der Waals surface area contributed by atoms with E-state index in [1.165, 1.54) is 0 Å². The number of carbonyl (C=O) groups excluding carboxylic acids is 1. The normalized spacial score (nSPS) is 22.8. The number of nitrogens with zero attached hydrogens (tertiary/aromatic N) is 2. The molecule has 0 aliphatic carbocycles. The van der Waals surface area contributed by atoms with Crippen molar-refractivity contribution in [1.29, 1.82) is 0 Å². The highest BCUT2D eigenvalue weighted by Gasteiger charge is 2.36. The van der Waals surface area contributed by atoms with Gasteiger partial charge in [0.25, 0.3) is 0 Å². The Bertz CT molecular complexity index is 438. The molecule has 0 bridgehead atoms. The van der Waals surface area contributed by atoms with Crippen LogP contribution in [0.15, 0.2) is 18.5 Å². The van der Waals surface area contributed by atoms with E-state index in [9.17, 15) is 4.79 Å². The number of anilines is 2. The molecule has 1 saturated heterocycles. The van der Waals surface area contributed by atoms with Crippen LogP contribution in [-0.2, 0) is 4.79 Å². The Hall–Kier alpha value is -1.62. The smallest absolute Gasteiger partial charge is 0.231 e. The number of rotatable bonds is 3. The number of aromatic nitrogens is 1. The van der Waals surface area contributed by atoms with Gasteiger partial charge in [-0.05, 0) is 26.0 Å². The number of hydrogen-bond acceptors (Lipinski definition) is 4. The molecule has 1 aromatic rings. The van der Waals surface area contributed by atoms with Crippen LogP contribution in [0.2, 0.25) is 0 Å². The predicted octanol–water partition coefficient (Wildman–Crippen LogP) is 1.09. The summed E-state index contributed by atoms with van der Waals surface area (Å²) in [7, 11) is 3.90. The third-order valence-corrected chi connectivity index (χ3v) is 3.44. The molecule has 98 valence electrons. The van der Waals surface area contributed by atoms with Crippen molar-refractivity contribution in [1.82, 2.24) is 10.3 Å². The third-order valence-electron chi connectivity index (χ3n) is 3.44. The summed E-state index contributed by atoms with van der Waals surface area (Å²) in [5.41, 5.74) is 1.41. The van der Waals surface area contributed by atoms with E-state index < -0.39 is 0 Å². The first kappa shape index (κ1) is 12.8. The van der Waals surface area contributed by atoms with Crippen LogP contribution < -0.4 is 15.5 Å². The van der Waals surface area contributed by atoms with Crippen LogP contribution in [-0.4, -0.2) is 38.1 Å². The highest BCUT2D eigenvalue weighted by atomic mass is 16.2. The Morgan fingerprint density at radius 1 is 1.56 bits per heavy atom. The fourth-order valence-electron chi connectivity index (χ4n) is 2.16. The predicted molar refractivity (Wildman–Crippen MR) is 72.8 cm³/mol. The van der Waals surface area contributed by atoms with Gasteiger partial charge in [-0.15, -0.1) is 0 Å². The van der Waals surface area contributed by atoms with Crippen molar-refractivity contribution in [3.05, 3.63) is 18.5 Å². The summed E-state index contributed by atoms with van der Waals surface area (Å²) in [6.45, 7) is 3.63. The number of hydrogen-bond donors (Lipinski definition) is 2. The Labute approximate surface area is 108 Å². The molecule has 1 fully saturated rings. The van der Waals surface area contributed by atoms with E-state index in [4.69, 9.17) is 0 Å². The van der Waals surface area contributed by atoms with Crippen molar-refractivity contribution in [2.75, 3.05) is 37.4 Å². The number of amides is 1. The number of nitrogens with one attached hydrogen (secondary N) is 2. The molecule has 1 aliphatic heterocycles. The zero-order chi connectivity index (χ0) is 13.2. The van der Waals surface area contributed by atoms with E-state index in [2.05, 4.69) is 15.6 Å². The first-order valence-electron chi connectivity index (χ1n) is 6.16. The fourth-order valence-corrected chi connectivity index (χ4v) is 2.16. The Morgan fingerprint density at radius 3 is 2.94 bits per heavy atom. The molecule has 0 aromatic carbocycles. The molecule has 2 rings (SSSR count). The molecule has 0 saturated carbocycles. The molecule has 0 spiro atoms. The average Bonchev–Trinajstić information content (AvgIpc) is 2.78. The summed E-state index contributed by atoms with van der Waals surface area (Å²) in [5.74, 6) is 0.0589. The van der Waals surface area contributed by atoms with Gasteiger partial charge in [0.1, 0.15) is 0 Å². The van der Waals surface area contributed by atoms with Crippen LogP contribution in [0.25, 0.3) is 0 Å². The van der Waals surface area contributed by atoms with E-state index in [-0.39, 0.29) is 11.3 Å². The first-order chi connectivity index (χ1) is 8.53. The molecular weight excluding hydrogens is 228 g/mol. The zero-order valence-electron chi connectivity index (χ0n) is 11.2. The molecule has 2 N–H and O–H groups in total. The highest BCUT2D eigenvalue weighted by molar-refractivity contribution is 5.98. The monoisotopic (exact) mass is 248 g/mol. The summed E-state index contributed by atoms with van der Waals surface area (Å²) in [6, 6.07) is 1.89. The summed E-state index contributed by atoms with van der Waals surface area (Å²) in [6.07, 6.45) is 4.29. The summed E-state index contributed by atoms with van der Waals surface area (Å²) in [5, 5.41) is 6.22. The standard InChI is InChI=1S/C13H20N4O/c1-13(5-7-15-9-13)12(18)16-10-8-14-6-4-11(10)17(2)3/h4,6,8,15H,5,7,9H2,1-3H3,(H,16,18). The maximum atomic E-state index is 12.3. The first-order valence-corrected chi connectivity index (χ1v) is 6.16. The van der Waals surface area contributed by atoms with Crippen LogP contribution in [0.5, 0.6) is 0 Å². The van der Waals surface area contributed by atoms with Gasteiger partial charge in [0.2, 0.25) is 5.91 Å². The minimum Gasteiger partial charge on any atom is -0.376 e. The second-order valence-electron chi connectivity index (χ2n) is 5.23. The molecule has 5 nitrogen and oxygen atoms in total. The van der Waals surface area contributed by atoms with Gasteiger partial charge in [0, 0.05) is 26.8 Å². The average molecular weight is 248 g/mol. The SMILES string of the molecule is CN(C)c1ccncc1NC(=O)C1(C)CCNC1. The van der Waals surface area contributed by atoms with Crippen molar-refractivity contribution in [3.63, 3.8) is 0 Å². The van der Waals surface area contributed by atoms with Gasteiger partial charge in [-0.2, -0.15) is 0 Å². The van der Waals surface area contributed by atoms with Crippen LogP contribution in [0.1, 0.15) is 13.3 Å². The molecule has 1 atom stereocenters. The second-order valence-corrected chi connectivity index (χ2v) is 5.23. The van der Waals surface area contributed by atoms with Crippen molar-refractivity contribution < 1.29 is 4.79 Å². The van der Waals surface area contributed by atoms with E-state index in [1.54, 1.807) is 12.4 Å². The van der Waals surface area contributed by atoms with E-state index in [0.717, 1.165) is 30.9 Å². The zero-order valence-corrected chi connectivity index (χ0v) is 11.2. The Kier molecular flexibility index (Phi) is 3.52. The van der Waals surface area contributed by atoms with Gasteiger partial charge >= 0.3 is 0 Å². The molecule has 1 amide bonds. The van der Waals surface area contributed by atoms with Crippen LogP contribution in [0, 0.1) is 5.41 Å². The summed E-state index contributed by atoms with van der Waals surface area (Å²) < 4.78 is 0.